The molecule has 1 atom stereocenters. The molecule has 1 unspecified atom stereocenters. The molecule has 0 spiro atoms. The molecule has 0 saturated carbocycles. The summed E-state index contributed by atoms with van der Waals surface area (Å²) in [6, 6.07) is 5.34. The summed E-state index contributed by atoms with van der Waals surface area (Å²) >= 11 is 0. The van der Waals surface area contributed by atoms with Crippen LogP contribution in [0.5, 0.6) is 0 Å². The summed E-state index contributed by atoms with van der Waals surface area (Å²) in [7, 11) is -1.82. The fourth-order valence-electron chi connectivity index (χ4n) is 2.27. The lowest BCUT2D eigenvalue weighted by Gasteiger charge is -2.26. The first kappa shape index (κ1) is 17.1. The van der Waals surface area contributed by atoms with E-state index in [2.05, 4.69) is 13.8 Å². The molecule has 20 heavy (non-hydrogen) atoms. The van der Waals surface area contributed by atoms with Crippen molar-refractivity contribution in [3.63, 3.8) is 0 Å². The molecule has 4 nitrogen and oxygen atoms in total. The van der Waals surface area contributed by atoms with Crippen molar-refractivity contribution < 1.29 is 8.42 Å². The Kier molecular flexibility index (Phi) is 5.74. The largest absolute Gasteiger partial charge is 0.326 e. The molecule has 114 valence electrons. The van der Waals surface area contributed by atoms with Crippen LogP contribution < -0.4 is 5.73 Å². The summed E-state index contributed by atoms with van der Waals surface area (Å²) in [5, 5.41) is 0. The Morgan fingerprint density at radius 1 is 1.25 bits per heavy atom. The smallest absolute Gasteiger partial charge is 0.243 e. The molecule has 0 aliphatic carbocycles. The monoisotopic (exact) mass is 298 g/mol. The third kappa shape index (κ3) is 3.81. The van der Waals surface area contributed by atoms with E-state index in [-0.39, 0.29) is 6.04 Å². The van der Waals surface area contributed by atoms with E-state index >= 15 is 0 Å². The fraction of sp³-hybridized carbons (Fsp3) is 0.600. The molecule has 5 heteroatoms. The standard InChI is InChI=1S/C15H26N2O2S/c1-11(2)8-13(4)17(5)20(18,19)15-9-14(10-16)7-6-12(15)3/h6-7,9,11,13H,8,10,16H2,1-5H3. The quantitative estimate of drug-likeness (QED) is 0.877. The average molecular weight is 298 g/mol. The zero-order valence-corrected chi connectivity index (χ0v) is 13.9. The molecule has 0 aliphatic rings. The van der Waals surface area contributed by atoms with E-state index in [1.165, 1.54) is 4.31 Å². The van der Waals surface area contributed by atoms with E-state index < -0.39 is 10.0 Å². The fourth-order valence-corrected chi connectivity index (χ4v) is 3.92. The van der Waals surface area contributed by atoms with Crippen LogP contribution in [0.4, 0.5) is 0 Å². The molecule has 0 fully saturated rings. The Morgan fingerprint density at radius 3 is 2.35 bits per heavy atom. The summed E-state index contributed by atoms with van der Waals surface area (Å²) < 4.78 is 26.9. The predicted octanol–water partition coefficient (Wildman–Crippen LogP) is 2.51. The van der Waals surface area contributed by atoms with Gasteiger partial charge in [-0.15, -0.1) is 0 Å². The molecule has 1 aromatic carbocycles. The second-order valence-electron chi connectivity index (χ2n) is 5.80. The number of hydrogen-bond acceptors (Lipinski definition) is 3. The molecule has 1 aromatic rings. The number of nitrogens with zero attached hydrogens (tertiary/aromatic N) is 1. The van der Waals surface area contributed by atoms with E-state index in [4.69, 9.17) is 5.73 Å². The maximum Gasteiger partial charge on any atom is 0.243 e. The highest BCUT2D eigenvalue weighted by atomic mass is 32.2. The number of benzene rings is 1. The van der Waals surface area contributed by atoms with Crippen molar-refractivity contribution in [3.05, 3.63) is 29.3 Å². The van der Waals surface area contributed by atoms with Gasteiger partial charge in [0, 0.05) is 19.6 Å². The van der Waals surface area contributed by atoms with Gasteiger partial charge < -0.3 is 5.73 Å². The van der Waals surface area contributed by atoms with Gasteiger partial charge in [-0.25, -0.2) is 8.42 Å². The van der Waals surface area contributed by atoms with Gasteiger partial charge in [0.15, 0.2) is 0 Å². The van der Waals surface area contributed by atoms with Gasteiger partial charge in [0.1, 0.15) is 0 Å². The average Bonchev–Trinajstić information content (AvgIpc) is 2.37. The Labute approximate surface area is 123 Å². The molecule has 0 radical (unpaired) electrons. The van der Waals surface area contributed by atoms with Gasteiger partial charge in [-0.05, 0) is 43.4 Å². The van der Waals surface area contributed by atoms with Crippen molar-refractivity contribution in [2.75, 3.05) is 7.05 Å². The van der Waals surface area contributed by atoms with Crippen LogP contribution in [0, 0.1) is 12.8 Å². The van der Waals surface area contributed by atoms with Gasteiger partial charge in [-0.3, -0.25) is 0 Å². The lowest BCUT2D eigenvalue weighted by molar-refractivity contribution is 0.337. The van der Waals surface area contributed by atoms with E-state index in [0.29, 0.717) is 17.4 Å². The van der Waals surface area contributed by atoms with Crippen molar-refractivity contribution in [2.45, 2.75) is 51.6 Å². The maximum absolute atomic E-state index is 12.7. The molecule has 2 N–H and O–H groups in total. The second kappa shape index (κ2) is 6.70. The number of aryl methyl sites for hydroxylation is 1. The first-order valence-corrected chi connectivity index (χ1v) is 8.41. The highest BCUT2D eigenvalue weighted by Crippen LogP contribution is 2.23. The number of rotatable bonds is 6. The summed E-state index contributed by atoms with van der Waals surface area (Å²) in [4.78, 5) is 0.360. The van der Waals surface area contributed by atoms with E-state index in [1.807, 2.05) is 26.0 Å². The molecule has 0 bridgehead atoms. The molecule has 0 heterocycles. The van der Waals surface area contributed by atoms with Crippen LogP contribution in [-0.2, 0) is 16.6 Å². The summed E-state index contributed by atoms with van der Waals surface area (Å²) in [5.74, 6) is 0.458. The number of sulfonamides is 1. The zero-order valence-electron chi connectivity index (χ0n) is 13.1. The van der Waals surface area contributed by atoms with E-state index in [9.17, 15) is 8.42 Å². The van der Waals surface area contributed by atoms with Gasteiger partial charge in [-0.2, -0.15) is 4.31 Å². The van der Waals surface area contributed by atoms with Crippen LogP contribution in [0.1, 0.15) is 38.3 Å². The molecular weight excluding hydrogens is 272 g/mol. The number of hydrogen-bond donors (Lipinski definition) is 1. The lowest BCUT2D eigenvalue weighted by atomic mass is 10.1. The van der Waals surface area contributed by atoms with Crippen LogP contribution >= 0.6 is 0 Å². The van der Waals surface area contributed by atoms with E-state index in [0.717, 1.165) is 17.5 Å². The van der Waals surface area contributed by atoms with Crippen LogP contribution in [0.3, 0.4) is 0 Å². The zero-order chi connectivity index (χ0) is 15.5. The van der Waals surface area contributed by atoms with E-state index in [1.54, 1.807) is 13.1 Å². The first-order chi connectivity index (χ1) is 9.20. The van der Waals surface area contributed by atoms with Gasteiger partial charge in [0.2, 0.25) is 10.0 Å². The van der Waals surface area contributed by atoms with Crippen molar-refractivity contribution in [1.29, 1.82) is 0 Å². The minimum Gasteiger partial charge on any atom is -0.326 e. The molecule has 0 saturated heterocycles. The summed E-state index contributed by atoms with van der Waals surface area (Å²) in [5.41, 5.74) is 7.19. The topological polar surface area (TPSA) is 63.4 Å². The molecule has 1 rings (SSSR count). The minimum atomic E-state index is -3.47. The Hall–Kier alpha value is -0.910. The van der Waals surface area contributed by atoms with Crippen molar-refractivity contribution in [3.8, 4) is 0 Å². The first-order valence-electron chi connectivity index (χ1n) is 6.97. The Balaban J connectivity index is 3.16. The van der Waals surface area contributed by atoms with Gasteiger partial charge in [0.25, 0.3) is 0 Å². The van der Waals surface area contributed by atoms with Crippen molar-refractivity contribution >= 4 is 10.0 Å². The van der Waals surface area contributed by atoms with Crippen molar-refractivity contribution in [2.24, 2.45) is 11.7 Å². The normalized spacial score (nSPS) is 14.0. The molecule has 0 aliphatic heterocycles. The Bertz CT molecular complexity index is 553. The van der Waals surface area contributed by atoms with Crippen LogP contribution in [-0.4, -0.2) is 25.8 Å². The lowest BCUT2D eigenvalue weighted by Crippen LogP contribution is -2.36. The summed E-state index contributed by atoms with van der Waals surface area (Å²) in [6.07, 6.45) is 0.839. The Morgan fingerprint density at radius 2 is 1.85 bits per heavy atom. The third-order valence-corrected chi connectivity index (χ3v) is 5.69. The highest BCUT2D eigenvalue weighted by molar-refractivity contribution is 7.89. The summed E-state index contributed by atoms with van der Waals surface area (Å²) in [6.45, 7) is 8.29. The minimum absolute atomic E-state index is 0.0269. The third-order valence-electron chi connectivity index (χ3n) is 3.58. The number of nitrogens with two attached hydrogens (primary N) is 1. The second-order valence-corrected chi connectivity index (χ2v) is 7.77. The maximum atomic E-state index is 12.7. The SMILES string of the molecule is Cc1ccc(CN)cc1S(=O)(=O)N(C)C(C)CC(C)C. The van der Waals surface area contributed by atoms with Gasteiger partial charge in [-0.1, -0.05) is 26.0 Å². The van der Waals surface area contributed by atoms with Crippen LogP contribution in [0.15, 0.2) is 23.1 Å². The van der Waals surface area contributed by atoms with Crippen LogP contribution in [0.2, 0.25) is 0 Å². The van der Waals surface area contributed by atoms with Crippen LogP contribution in [0.25, 0.3) is 0 Å². The highest BCUT2D eigenvalue weighted by Gasteiger charge is 2.27. The molecule has 0 amide bonds. The van der Waals surface area contributed by atoms with Crippen molar-refractivity contribution in [1.82, 2.24) is 4.31 Å². The van der Waals surface area contributed by atoms with Gasteiger partial charge >= 0.3 is 0 Å². The van der Waals surface area contributed by atoms with Gasteiger partial charge in [0.05, 0.1) is 4.90 Å². The molecular formula is C15H26N2O2S. The predicted molar refractivity (Wildman–Crippen MR) is 82.9 cm³/mol. The molecule has 0 aromatic heterocycles.